The molecule has 1 aromatic heterocycles. The minimum atomic E-state index is -4.47. The van der Waals surface area contributed by atoms with Gasteiger partial charge in [0.15, 0.2) is 0 Å². The Balaban J connectivity index is 1.68. The van der Waals surface area contributed by atoms with E-state index in [0.29, 0.717) is 13.0 Å². The number of hydrogen-bond acceptors (Lipinski definition) is 2. The van der Waals surface area contributed by atoms with Crippen molar-refractivity contribution in [2.75, 3.05) is 6.54 Å². The minimum Gasteiger partial charge on any atom is -0.335 e. The number of nitrogens with zero attached hydrogens (tertiary/aromatic N) is 3. The van der Waals surface area contributed by atoms with Crippen LogP contribution in [0.2, 0.25) is 0 Å². The van der Waals surface area contributed by atoms with Crippen molar-refractivity contribution in [2.45, 2.75) is 32.1 Å². The van der Waals surface area contributed by atoms with Crippen LogP contribution in [0.4, 0.5) is 13.2 Å². The predicted octanol–water partition coefficient (Wildman–Crippen LogP) is 2.77. The van der Waals surface area contributed by atoms with Gasteiger partial charge in [0.1, 0.15) is 6.42 Å². The van der Waals surface area contributed by atoms with Crippen LogP contribution in [0.25, 0.3) is 0 Å². The van der Waals surface area contributed by atoms with Crippen LogP contribution in [0.3, 0.4) is 0 Å². The van der Waals surface area contributed by atoms with Crippen molar-refractivity contribution in [3.63, 3.8) is 0 Å². The molecule has 0 atom stereocenters. The second-order valence-corrected chi connectivity index (χ2v) is 5.62. The summed E-state index contributed by atoms with van der Waals surface area (Å²) in [6.45, 7) is 0.860. The molecule has 4 nitrogen and oxygen atoms in total. The molecule has 0 saturated carbocycles. The lowest BCUT2D eigenvalue weighted by atomic mass is 10.1. The fraction of sp³-hybridized carbons (Fsp3) is 0.375. The molecule has 1 aliphatic rings. The normalized spacial score (nSPS) is 14.7. The summed E-state index contributed by atoms with van der Waals surface area (Å²) >= 11 is 0. The fourth-order valence-corrected chi connectivity index (χ4v) is 2.71. The maximum Gasteiger partial charge on any atom is 0.397 e. The van der Waals surface area contributed by atoms with E-state index in [-0.39, 0.29) is 13.1 Å². The molecule has 2 aromatic rings. The lowest BCUT2D eigenvalue weighted by molar-refractivity contribution is -0.162. The van der Waals surface area contributed by atoms with Gasteiger partial charge < -0.3 is 4.90 Å². The molecule has 1 aromatic carbocycles. The zero-order chi connectivity index (χ0) is 16.4. The van der Waals surface area contributed by atoms with E-state index in [9.17, 15) is 18.0 Å². The third-order valence-corrected chi connectivity index (χ3v) is 3.78. The van der Waals surface area contributed by atoms with Gasteiger partial charge in [0.05, 0.1) is 24.5 Å². The predicted molar refractivity (Wildman–Crippen MR) is 77.6 cm³/mol. The Morgan fingerprint density at radius 2 is 1.91 bits per heavy atom. The topological polar surface area (TPSA) is 38.1 Å². The lowest BCUT2D eigenvalue weighted by Gasteiger charge is -2.28. The van der Waals surface area contributed by atoms with Crippen molar-refractivity contribution in [2.24, 2.45) is 0 Å². The van der Waals surface area contributed by atoms with E-state index in [1.165, 1.54) is 4.90 Å². The number of carbonyl (C=O) groups is 1. The standard InChI is InChI=1S/C16H16F3N3O/c17-16(18,19)10-15(23)21-6-7-22-14(11-21)9-13(20-22)8-12-4-2-1-3-5-12/h1-5,9H,6-8,10-11H2. The Morgan fingerprint density at radius 3 is 2.61 bits per heavy atom. The number of fused-ring (bicyclic) bond motifs is 1. The molecular formula is C16H16F3N3O. The molecule has 1 amide bonds. The van der Waals surface area contributed by atoms with E-state index in [2.05, 4.69) is 5.10 Å². The number of amides is 1. The highest BCUT2D eigenvalue weighted by atomic mass is 19.4. The first-order chi connectivity index (χ1) is 10.9. The highest BCUT2D eigenvalue weighted by molar-refractivity contribution is 5.76. The number of alkyl halides is 3. The summed E-state index contributed by atoms with van der Waals surface area (Å²) < 4.78 is 38.8. The van der Waals surface area contributed by atoms with Crippen molar-refractivity contribution in [3.8, 4) is 0 Å². The maximum atomic E-state index is 12.3. The molecule has 0 radical (unpaired) electrons. The first-order valence-electron chi connectivity index (χ1n) is 7.35. The van der Waals surface area contributed by atoms with E-state index in [4.69, 9.17) is 0 Å². The smallest absolute Gasteiger partial charge is 0.335 e. The van der Waals surface area contributed by atoms with Crippen molar-refractivity contribution in [1.82, 2.24) is 14.7 Å². The van der Waals surface area contributed by atoms with E-state index in [0.717, 1.165) is 17.0 Å². The molecule has 0 fully saturated rings. The summed E-state index contributed by atoms with van der Waals surface area (Å²) in [5.41, 5.74) is 2.75. The molecule has 3 rings (SSSR count). The molecule has 0 bridgehead atoms. The van der Waals surface area contributed by atoms with Crippen LogP contribution in [0.1, 0.15) is 23.4 Å². The Labute approximate surface area is 131 Å². The van der Waals surface area contributed by atoms with Gasteiger partial charge in [0.2, 0.25) is 5.91 Å². The Hall–Kier alpha value is -2.31. The van der Waals surface area contributed by atoms with Crippen LogP contribution in [-0.2, 0) is 24.3 Å². The number of halogens is 3. The van der Waals surface area contributed by atoms with Gasteiger partial charge in [-0.25, -0.2) is 0 Å². The minimum absolute atomic E-state index is 0.177. The molecule has 0 spiro atoms. The number of carbonyl (C=O) groups excluding carboxylic acids is 1. The zero-order valence-corrected chi connectivity index (χ0v) is 12.4. The Bertz CT molecular complexity index is 694. The molecular weight excluding hydrogens is 307 g/mol. The summed E-state index contributed by atoms with van der Waals surface area (Å²) in [5.74, 6) is -0.880. The molecule has 1 aliphatic heterocycles. The van der Waals surface area contributed by atoms with Gasteiger partial charge in [-0.3, -0.25) is 9.48 Å². The van der Waals surface area contributed by atoms with Gasteiger partial charge in [-0.05, 0) is 11.6 Å². The number of aromatic nitrogens is 2. The van der Waals surface area contributed by atoms with Crippen LogP contribution in [0.5, 0.6) is 0 Å². The van der Waals surface area contributed by atoms with E-state index in [1.54, 1.807) is 4.68 Å². The first kappa shape index (κ1) is 15.6. The van der Waals surface area contributed by atoms with Crippen LogP contribution in [0, 0.1) is 0 Å². The highest BCUT2D eigenvalue weighted by Gasteiger charge is 2.34. The zero-order valence-electron chi connectivity index (χ0n) is 12.4. The first-order valence-corrected chi connectivity index (χ1v) is 7.35. The molecule has 0 N–H and O–H groups in total. The average Bonchev–Trinajstić information content (AvgIpc) is 2.87. The molecule has 0 unspecified atom stereocenters. The Kier molecular flexibility index (Phi) is 4.11. The van der Waals surface area contributed by atoms with Gasteiger partial charge in [-0.2, -0.15) is 18.3 Å². The summed E-state index contributed by atoms with van der Waals surface area (Å²) in [5, 5.41) is 4.47. The van der Waals surface area contributed by atoms with Gasteiger partial charge >= 0.3 is 6.18 Å². The summed E-state index contributed by atoms with van der Waals surface area (Å²) in [6.07, 6.45) is -5.21. The summed E-state index contributed by atoms with van der Waals surface area (Å²) in [4.78, 5) is 12.9. The molecule has 7 heteroatoms. The van der Waals surface area contributed by atoms with E-state index >= 15 is 0 Å². The molecule has 122 valence electrons. The maximum absolute atomic E-state index is 12.3. The average molecular weight is 323 g/mol. The number of hydrogen-bond donors (Lipinski definition) is 0. The van der Waals surface area contributed by atoms with Crippen molar-refractivity contribution >= 4 is 5.91 Å². The SMILES string of the molecule is O=C(CC(F)(F)F)N1CCn2nc(Cc3ccccc3)cc2C1. The second-order valence-electron chi connectivity index (χ2n) is 5.62. The van der Waals surface area contributed by atoms with Crippen LogP contribution in [0.15, 0.2) is 36.4 Å². The van der Waals surface area contributed by atoms with Gasteiger partial charge in [0.25, 0.3) is 0 Å². The number of benzene rings is 1. The number of rotatable bonds is 3. The highest BCUT2D eigenvalue weighted by Crippen LogP contribution is 2.23. The molecule has 0 saturated heterocycles. The van der Waals surface area contributed by atoms with Crippen molar-refractivity contribution in [3.05, 3.63) is 53.3 Å². The third kappa shape index (κ3) is 3.91. The Morgan fingerprint density at radius 1 is 1.17 bits per heavy atom. The van der Waals surface area contributed by atoms with Gasteiger partial charge in [-0.15, -0.1) is 0 Å². The lowest BCUT2D eigenvalue weighted by Crippen LogP contribution is -2.40. The largest absolute Gasteiger partial charge is 0.397 e. The van der Waals surface area contributed by atoms with Gasteiger partial charge in [0, 0.05) is 13.0 Å². The molecule has 2 heterocycles. The second kappa shape index (κ2) is 6.06. The monoisotopic (exact) mass is 323 g/mol. The van der Waals surface area contributed by atoms with E-state index in [1.807, 2.05) is 36.4 Å². The van der Waals surface area contributed by atoms with Crippen LogP contribution >= 0.6 is 0 Å². The van der Waals surface area contributed by atoms with Crippen molar-refractivity contribution in [1.29, 1.82) is 0 Å². The van der Waals surface area contributed by atoms with Gasteiger partial charge in [-0.1, -0.05) is 30.3 Å². The van der Waals surface area contributed by atoms with Crippen LogP contribution < -0.4 is 0 Å². The third-order valence-electron chi connectivity index (χ3n) is 3.78. The van der Waals surface area contributed by atoms with Crippen molar-refractivity contribution < 1.29 is 18.0 Å². The molecule has 0 aliphatic carbocycles. The quantitative estimate of drug-likeness (QED) is 0.871. The fourth-order valence-electron chi connectivity index (χ4n) is 2.71. The van der Waals surface area contributed by atoms with E-state index < -0.39 is 18.5 Å². The summed E-state index contributed by atoms with van der Waals surface area (Å²) in [7, 11) is 0. The van der Waals surface area contributed by atoms with Crippen LogP contribution in [-0.4, -0.2) is 33.3 Å². The molecule has 23 heavy (non-hydrogen) atoms. The summed E-state index contributed by atoms with van der Waals surface area (Å²) in [6, 6.07) is 11.7.